The molecule has 2 amide bonds. The SMILES string of the molecule is Cc1cccc(C)c1NC(=O)CCCSCC(=O)Nc1ccc2ccccc2c1. The fraction of sp³-hybridized carbons (Fsp3) is 0.250. The number of hydrogen-bond donors (Lipinski definition) is 2. The van der Waals surface area contributed by atoms with Gasteiger partial charge >= 0.3 is 0 Å². The fourth-order valence-corrected chi connectivity index (χ4v) is 3.93. The van der Waals surface area contributed by atoms with E-state index in [0.717, 1.165) is 45.4 Å². The van der Waals surface area contributed by atoms with E-state index in [4.69, 9.17) is 0 Å². The third-order valence-corrected chi connectivity index (χ3v) is 5.75. The molecule has 3 aromatic carbocycles. The predicted molar refractivity (Wildman–Crippen MR) is 124 cm³/mol. The normalized spacial score (nSPS) is 10.7. The van der Waals surface area contributed by atoms with Gasteiger partial charge < -0.3 is 10.6 Å². The number of carbonyl (C=O) groups is 2. The Kier molecular flexibility index (Phi) is 7.30. The molecule has 0 fully saturated rings. The number of hydrogen-bond acceptors (Lipinski definition) is 3. The van der Waals surface area contributed by atoms with Crippen molar-refractivity contribution in [2.45, 2.75) is 26.7 Å². The minimum Gasteiger partial charge on any atom is -0.326 e. The molecule has 5 heteroatoms. The number of anilines is 2. The first kappa shape index (κ1) is 20.9. The highest BCUT2D eigenvalue weighted by Gasteiger charge is 2.08. The average molecular weight is 407 g/mol. The van der Waals surface area contributed by atoms with Crippen LogP contribution >= 0.6 is 11.8 Å². The van der Waals surface area contributed by atoms with Crippen molar-refractivity contribution >= 4 is 45.7 Å². The largest absolute Gasteiger partial charge is 0.326 e. The van der Waals surface area contributed by atoms with Gasteiger partial charge in [0.25, 0.3) is 0 Å². The summed E-state index contributed by atoms with van der Waals surface area (Å²) in [4.78, 5) is 24.3. The molecule has 0 aliphatic rings. The Hall–Kier alpha value is -2.79. The number of rotatable bonds is 8. The fourth-order valence-electron chi connectivity index (χ4n) is 3.18. The van der Waals surface area contributed by atoms with Crippen molar-refractivity contribution < 1.29 is 9.59 Å². The maximum Gasteiger partial charge on any atom is 0.234 e. The van der Waals surface area contributed by atoms with Gasteiger partial charge in [0.05, 0.1) is 5.75 Å². The zero-order valence-electron chi connectivity index (χ0n) is 16.8. The molecule has 0 saturated carbocycles. The van der Waals surface area contributed by atoms with Gasteiger partial charge in [-0.1, -0.05) is 48.5 Å². The van der Waals surface area contributed by atoms with Crippen molar-refractivity contribution in [3.05, 3.63) is 71.8 Å². The first-order chi connectivity index (χ1) is 14.0. The van der Waals surface area contributed by atoms with Crippen LogP contribution in [0.2, 0.25) is 0 Å². The Labute approximate surface area is 176 Å². The van der Waals surface area contributed by atoms with E-state index in [0.29, 0.717) is 12.2 Å². The van der Waals surface area contributed by atoms with E-state index in [2.05, 4.69) is 10.6 Å². The van der Waals surface area contributed by atoms with Crippen LogP contribution in [-0.2, 0) is 9.59 Å². The van der Waals surface area contributed by atoms with Gasteiger partial charge in [-0.25, -0.2) is 0 Å². The molecule has 0 aliphatic carbocycles. The molecule has 0 aromatic heterocycles. The van der Waals surface area contributed by atoms with Crippen molar-refractivity contribution in [1.82, 2.24) is 0 Å². The first-order valence-electron chi connectivity index (χ1n) is 9.75. The summed E-state index contributed by atoms with van der Waals surface area (Å²) in [5.74, 6) is 1.14. The van der Waals surface area contributed by atoms with Crippen LogP contribution in [0.4, 0.5) is 11.4 Å². The van der Waals surface area contributed by atoms with Crippen LogP contribution in [0.25, 0.3) is 10.8 Å². The second kappa shape index (κ2) is 10.1. The maximum atomic E-state index is 12.2. The number of benzene rings is 3. The summed E-state index contributed by atoms with van der Waals surface area (Å²) in [6, 6.07) is 19.9. The van der Waals surface area contributed by atoms with Crippen LogP contribution in [0, 0.1) is 13.8 Å². The molecule has 4 nitrogen and oxygen atoms in total. The Morgan fingerprint density at radius 3 is 2.31 bits per heavy atom. The zero-order valence-corrected chi connectivity index (χ0v) is 17.6. The lowest BCUT2D eigenvalue weighted by atomic mass is 10.1. The summed E-state index contributed by atoms with van der Waals surface area (Å²) < 4.78 is 0. The quantitative estimate of drug-likeness (QED) is 0.482. The highest BCUT2D eigenvalue weighted by Crippen LogP contribution is 2.20. The summed E-state index contributed by atoms with van der Waals surface area (Å²) >= 11 is 1.55. The molecule has 0 radical (unpaired) electrons. The van der Waals surface area contributed by atoms with Crippen LogP contribution in [0.3, 0.4) is 0 Å². The number of nitrogens with one attached hydrogen (secondary N) is 2. The molecular formula is C24H26N2O2S. The summed E-state index contributed by atoms with van der Waals surface area (Å²) in [5.41, 5.74) is 3.85. The summed E-state index contributed by atoms with van der Waals surface area (Å²) in [6.45, 7) is 3.99. The molecule has 0 spiro atoms. The number of para-hydroxylation sites is 1. The van der Waals surface area contributed by atoms with Gasteiger partial charge in [-0.3, -0.25) is 9.59 Å². The third kappa shape index (κ3) is 6.09. The highest BCUT2D eigenvalue weighted by atomic mass is 32.2. The number of amides is 2. The standard InChI is InChI=1S/C24H26N2O2S/c1-17-7-5-8-18(2)24(17)26-22(27)11-6-14-29-16-23(28)25-21-13-12-19-9-3-4-10-20(19)15-21/h3-5,7-10,12-13,15H,6,11,14,16H2,1-2H3,(H,25,28)(H,26,27). The van der Waals surface area contributed by atoms with Crippen molar-refractivity contribution in [2.24, 2.45) is 0 Å². The lowest BCUT2D eigenvalue weighted by Crippen LogP contribution is -2.15. The molecular weight excluding hydrogens is 380 g/mol. The number of fused-ring (bicyclic) bond motifs is 1. The van der Waals surface area contributed by atoms with Crippen LogP contribution in [0.5, 0.6) is 0 Å². The lowest BCUT2D eigenvalue weighted by molar-refractivity contribution is -0.116. The molecule has 0 unspecified atom stereocenters. The van der Waals surface area contributed by atoms with E-state index in [-0.39, 0.29) is 11.8 Å². The molecule has 0 atom stereocenters. The van der Waals surface area contributed by atoms with E-state index < -0.39 is 0 Å². The van der Waals surface area contributed by atoms with E-state index in [9.17, 15) is 9.59 Å². The van der Waals surface area contributed by atoms with Crippen molar-refractivity contribution in [1.29, 1.82) is 0 Å². The number of thioether (sulfide) groups is 1. The van der Waals surface area contributed by atoms with Crippen molar-refractivity contribution in [2.75, 3.05) is 22.1 Å². The molecule has 3 rings (SSSR count). The molecule has 0 aliphatic heterocycles. The zero-order chi connectivity index (χ0) is 20.6. The van der Waals surface area contributed by atoms with Crippen molar-refractivity contribution in [3.63, 3.8) is 0 Å². The molecule has 0 saturated heterocycles. The van der Waals surface area contributed by atoms with Gasteiger partial charge in [0.2, 0.25) is 11.8 Å². The second-order valence-corrected chi connectivity index (χ2v) is 8.19. The van der Waals surface area contributed by atoms with Gasteiger partial charge in [-0.05, 0) is 60.1 Å². The van der Waals surface area contributed by atoms with E-state index in [1.54, 1.807) is 11.8 Å². The second-order valence-electron chi connectivity index (χ2n) is 7.08. The average Bonchev–Trinajstić information content (AvgIpc) is 2.70. The predicted octanol–water partition coefficient (Wildman–Crippen LogP) is 5.55. The van der Waals surface area contributed by atoms with Gasteiger partial charge in [0.15, 0.2) is 0 Å². The minimum atomic E-state index is -0.0229. The Balaban J connectivity index is 1.36. The van der Waals surface area contributed by atoms with Gasteiger partial charge in [-0.15, -0.1) is 0 Å². The Morgan fingerprint density at radius 1 is 0.828 bits per heavy atom. The summed E-state index contributed by atoms with van der Waals surface area (Å²) in [6.07, 6.45) is 1.19. The third-order valence-electron chi connectivity index (χ3n) is 4.70. The monoisotopic (exact) mass is 406 g/mol. The first-order valence-corrected chi connectivity index (χ1v) is 10.9. The van der Waals surface area contributed by atoms with E-state index in [1.807, 2.05) is 74.5 Å². The van der Waals surface area contributed by atoms with Crippen molar-refractivity contribution in [3.8, 4) is 0 Å². The smallest absolute Gasteiger partial charge is 0.234 e. The van der Waals surface area contributed by atoms with Crippen LogP contribution in [0.1, 0.15) is 24.0 Å². The number of carbonyl (C=O) groups excluding carboxylic acids is 2. The number of aryl methyl sites for hydroxylation is 2. The minimum absolute atomic E-state index is 0.0172. The topological polar surface area (TPSA) is 58.2 Å². The highest BCUT2D eigenvalue weighted by molar-refractivity contribution is 7.99. The molecule has 2 N–H and O–H groups in total. The Morgan fingerprint density at radius 2 is 1.55 bits per heavy atom. The van der Waals surface area contributed by atoms with Crippen LogP contribution in [0.15, 0.2) is 60.7 Å². The molecule has 3 aromatic rings. The van der Waals surface area contributed by atoms with Crippen LogP contribution in [-0.4, -0.2) is 23.3 Å². The van der Waals surface area contributed by atoms with Crippen LogP contribution < -0.4 is 10.6 Å². The van der Waals surface area contributed by atoms with E-state index >= 15 is 0 Å². The molecule has 150 valence electrons. The molecule has 29 heavy (non-hydrogen) atoms. The van der Waals surface area contributed by atoms with E-state index in [1.165, 1.54) is 0 Å². The molecule has 0 heterocycles. The molecule has 0 bridgehead atoms. The summed E-state index contributed by atoms with van der Waals surface area (Å²) in [5, 5.41) is 8.19. The van der Waals surface area contributed by atoms with Gasteiger partial charge in [0.1, 0.15) is 0 Å². The lowest BCUT2D eigenvalue weighted by Gasteiger charge is -2.11. The maximum absolute atomic E-state index is 12.2. The van der Waals surface area contributed by atoms with Gasteiger partial charge in [-0.2, -0.15) is 11.8 Å². The Bertz CT molecular complexity index is 996. The van der Waals surface area contributed by atoms with Gasteiger partial charge in [0, 0.05) is 17.8 Å². The summed E-state index contributed by atoms with van der Waals surface area (Å²) in [7, 11) is 0.